The summed E-state index contributed by atoms with van der Waals surface area (Å²) < 4.78 is 5.24. The Kier molecular flexibility index (Phi) is 6.54. The predicted octanol–water partition coefficient (Wildman–Crippen LogP) is 3.86. The van der Waals surface area contributed by atoms with Crippen molar-refractivity contribution < 1.29 is 24.8 Å². The minimum atomic E-state index is -1.13. The number of hydrogen-bond acceptors (Lipinski definition) is 5. The van der Waals surface area contributed by atoms with Gasteiger partial charge in [-0.3, -0.25) is 4.79 Å². The van der Waals surface area contributed by atoms with Gasteiger partial charge in [-0.25, -0.2) is 10.0 Å². The van der Waals surface area contributed by atoms with Crippen molar-refractivity contribution in [2.75, 3.05) is 0 Å². The van der Waals surface area contributed by atoms with E-state index in [1.165, 1.54) is 42.5 Å². The molecule has 146 valence electrons. The van der Waals surface area contributed by atoms with Gasteiger partial charge in [-0.15, -0.1) is 0 Å². The van der Waals surface area contributed by atoms with Crippen LogP contribution in [0.3, 0.4) is 0 Å². The maximum atomic E-state index is 12.3. The molecule has 1 atom stereocenters. The Morgan fingerprint density at radius 2 is 1.69 bits per heavy atom. The monoisotopic (exact) mass is 409 g/mol. The molecule has 6 nitrogen and oxygen atoms in total. The lowest BCUT2D eigenvalue weighted by Gasteiger charge is -2.12. The van der Waals surface area contributed by atoms with E-state index in [1.807, 2.05) is 6.07 Å². The third-order valence-corrected chi connectivity index (χ3v) is 4.21. The topological polar surface area (TPSA) is 91.1 Å². The number of esters is 1. The first kappa shape index (κ1) is 20.4. The molecule has 0 saturated carbocycles. The minimum absolute atomic E-state index is 0.00751. The van der Waals surface area contributed by atoms with Crippen molar-refractivity contribution in [3.8, 4) is 5.75 Å². The van der Waals surface area contributed by atoms with E-state index in [2.05, 4.69) is 0 Å². The number of ether oxygens (including phenoxy) is 1. The third-order valence-electron chi connectivity index (χ3n) is 3.97. The number of allylic oxidation sites excluding steroid dienone is 1. The van der Waals surface area contributed by atoms with Crippen molar-refractivity contribution in [2.24, 2.45) is 0 Å². The summed E-state index contributed by atoms with van der Waals surface area (Å²) in [5, 5.41) is 19.4. The maximum Gasteiger partial charge on any atom is 0.343 e. The van der Waals surface area contributed by atoms with Gasteiger partial charge in [-0.1, -0.05) is 35.9 Å². The van der Waals surface area contributed by atoms with Gasteiger partial charge in [-0.2, -0.15) is 5.23 Å². The van der Waals surface area contributed by atoms with E-state index in [0.717, 1.165) is 5.56 Å². The molecule has 7 heteroatoms. The normalized spacial score (nSPS) is 12.0. The zero-order chi connectivity index (χ0) is 20.8. The Morgan fingerprint density at radius 1 is 0.966 bits per heavy atom. The summed E-state index contributed by atoms with van der Waals surface area (Å²) in [5.74, 6) is -0.656. The lowest BCUT2D eigenvalue weighted by molar-refractivity contribution is -0.991. The quantitative estimate of drug-likeness (QED) is 0.212. The van der Waals surface area contributed by atoms with Crippen LogP contribution in [0.15, 0.2) is 78.9 Å². The first-order valence-electron chi connectivity index (χ1n) is 8.56. The van der Waals surface area contributed by atoms with Gasteiger partial charge in [0.2, 0.25) is 0 Å². The van der Waals surface area contributed by atoms with Gasteiger partial charge >= 0.3 is 5.97 Å². The lowest BCUT2D eigenvalue weighted by Crippen LogP contribution is -2.99. The second kappa shape index (κ2) is 9.27. The van der Waals surface area contributed by atoms with Crippen LogP contribution in [0.4, 0.5) is 5.69 Å². The molecule has 0 bridgehead atoms. The van der Waals surface area contributed by atoms with E-state index in [1.54, 1.807) is 36.4 Å². The van der Waals surface area contributed by atoms with Crippen molar-refractivity contribution in [1.29, 1.82) is 0 Å². The molecule has 0 heterocycles. The summed E-state index contributed by atoms with van der Waals surface area (Å²) in [5.41, 5.74) is 1.34. The van der Waals surface area contributed by atoms with Gasteiger partial charge in [0.15, 0.2) is 11.5 Å². The number of benzene rings is 3. The van der Waals surface area contributed by atoms with Crippen LogP contribution in [0.1, 0.15) is 26.3 Å². The van der Waals surface area contributed by atoms with Crippen molar-refractivity contribution in [2.45, 2.75) is 0 Å². The fourth-order valence-electron chi connectivity index (χ4n) is 2.51. The maximum absolute atomic E-state index is 12.3. The minimum Gasteiger partial charge on any atom is -0.595 e. The van der Waals surface area contributed by atoms with Crippen molar-refractivity contribution >= 4 is 35.1 Å². The van der Waals surface area contributed by atoms with E-state index in [-0.39, 0.29) is 22.8 Å². The first-order valence-corrected chi connectivity index (χ1v) is 8.94. The highest BCUT2D eigenvalue weighted by Gasteiger charge is 2.12. The van der Waals surface area contributed by atoms with Crippen molar-refractivity contribution in [3.63, 3.8) is 0 Å². The fraction of sp³-hybridized carbons (Fsp3) is 0. The number of quaternary nitrogens is 1. The Bertz CT molecular complexity index is 1060. The number of halogens is 1. The number of hydrogen-bond donors (Lipinski definition) is 2. The Balaban J connectivity index is 1.66. The van der Waals surface area contributed by atoms with Crippen molar-refractivity contribution in [1.82, 2.24) is 0 Å². The highest BCUT2D eigenvalue weighted by molar-refractivity contribution is 6.30. The second-order valence-corrected chi connectivity index (χ2v) is 6.49. The summed E-state index contributed by atoms with van der Waals surface area (Å²) in [6, 6.07) is 18.8. The lowest BCUT2D eigenvalue weighted by atomic mass is 10.1. The Morgan fingerprint density at radius 3 is 2.38 bits per heavy atom. The standard InChI is InChI=1S/C22H16ClNO5/c23-18-5-1-3-15(13-18)7-12-21(25)16-8-10-20(11-9-16)29-22(26)17-4-2-6-19(14-17)24(27)28/h1-14,24,27H. The van der Waals surface area contributed by atoms with Crippen LogP contribution in [0.2, 0.25) is 5.02 Å². The number of rotatable bonds is 6. The van der Waals surface area contributed by atoms with E-state index in [0.29, 0.717) is 10.6 Å². The molecule has 3 aromatic carbocycles. The Labute approximate surface area is 171 Å². The van der Waals surface area contributed by atoms with Gasteiger partial charge in [0.05, 0.1) is 5.56 Å². The average molecular weight is 410 g/mol. The highest BCUT2D eigenvalue weighted by atomic mass is 35.5. The van der Waals surface area contributed by atoms with Gasteiger partial charge in [-0.05, 0) is 54.1 Å². The molecule has 0 aliphatic heterocycles. The molecule has 1 unspecified atom stereocenters. The molecule has 3 rings (SSSR count). The van der Waals surface area contributed by atoms with Crippen LogP contribution < -0.4 is 9.96 Å². The number of ketones is 1. The molecular weight excluding hydrogens is 394 g/mol. The molecule has 0 aliphatic rings. The van der Waals surface area contributed by atoms with E-state index in [9.17, 15) is 14.8 Å². The molecule has 0 aliphatic carbocycles. The third kappa shape index (κ3) is 5.60. The van der Waals surface area contributed by atoms with Crippen LogP contribution in [-0.2, 0) is 0 Å². The van der Waals surface area contributed by atoms with Crippen LogP contribution in [0, 0.1) is 5.21 Å². The molecule has 0 aromatic heterocycles. The van der Waals surface area contributed by atoms with Crippen molar-refractivity contribution in [3.05, 3.63) is 106 Å². The largest absolute Gasteiger partial charge is 0.595 e. The number of carbonyl (C=O) groups excluding carboxylic acids is 2. The molecule has 0 radical (unpaired) electrons. The molecular formula is C22H16ClNO5. The Hall–Kier alpha value is -3.29. The number of nitrogens with one attached hydrogen (secondary N) is 1. The molecule has 0 amide bonds. The average Bonchev–Trinajstić information content (AvgIpc) is 2.72. The molecule has 0 saturated heterocycles. The summed E-state index contributed by atoms with van der Waals surface area (Å²) in [4.78, 5) is 24.5. The van der Waals surface area contributed by atoms with E-state index < -0.39 is 11.2 Å². The predicted molar refractivity (Wildman–Crippen MR) is 108 cm³/mol. The SMILES string of the molecule is O=C(C=Cc1cccc(Cl)c1)c1ccc(OC(=O)c2cccc([NH+]([O-])O)c2)cc1. The van der Waals surface area contributed by atoms with Gasteiger partial charge in [0.1, 0.15) is 5.75 Å². The number of carbonyl (C=O) groups is 2. The van der Waals surface area contributed by atoms with Gasteiger partial charge < -0.3 is 9.94 Å². The van der Waals surface area contributed by atoms with E-state index in [4.69, 9.17) is 21.5 Å². The van der Waals surface area contributed by atoms with Gasteiger partial charge in [0.25, 0.3) is 0 Å². The summed E-state index contributed by atoms with van der Waals surface area (Å²) in [6.45, 7) is 0. The molecule has 2 N–H and O–H groups in total. The van der Waals surface area contributed by atoms with Crippen LogP contribution in [-0.4, -0.2) is 17.0 Å². The zero-order valence-electron chi connectivity index (χ0n) is 15.0. The molecule has 29 heavy (non-hydrogen) atoms. The molecule has 3 aromatic rings. The van der Waals surface area contributed by atoms with E-state index >= 15 is 0 Å². The molecule has 0 spiro atoms. The smallest absolute Gasteiger partial charge is 0.343 e. The first-order chi connectivity index (χ1) is 13.9. The van der Waals surface area contributed by atoms with Gasteiger partial charge in [0, 0.05) is 22.7 Å². The van der Waals surface area contributed by atoms with Crippen LogP contribution in [0.25, 0.3) is 6.08 Å². The summed E-state index contributed by atoms with van der Waals surface area (Å²) in [6.07, 6.45) is 3.10. The summed E-state index contributed by atoms with van der Waals surface area (Å²) in [7, 11) is 0. The molecule has 0 fully saturated rings. The van der Waals surface area contributed by atoms with Crippen LogP contribution in [0.5, 0.6) is 5.75 Å². The van der Waals surface area contributed by atoms with Crippen LogP contribution >= 0.6 is 11.6 Å². The zero-order valence-corrected chi connectivity index (χ0v) is 15.8. The second-order valence-electron chi connectivity index (χ2n) is 6.05. The summed E-state index contributed by atoms with van der Waals surface area (Å²) >= 11 is 5.92. The fourth-order valence-corrected chi connectivity index (χ4v) is 2.71. The highest BCUT2D eigenvalue weighted by Crippen LogP contribution is 2.17.